The number of piperidine rings is 3. The molecule has 3 aromatic rings. The number of ether oxygens (including phenoxy) is 1. The Kier molecular flexibility index (Phi) is 8.23. The molecule has 1 aromatic heterocycles. The zero-order valence-corrected chi connectivity index (χ0v) is 24.7. The minimum absolute atomic E-state index is 0.00607. The first-order chi connectivity index (χ1) is 20.3. The Morgan fingerprint density at radius 2 is 1.83 bits per heavy atom. The van der Waals surface area contributed by atoms with Crippen LogP contribution in [0.1, 0.15) is 61.0 Å². The molecule has 0 saturated carbocycles. The minimum atomic E-state index is -0.412. The second-order valence-electron chi connectivity index (χ2n) is 12.0. The number of amides is 1. The average Bonchev–Trinajstić information content (AvgIpc) is 3.35. The fourth-order valence-electron chi connectivity index (χ4n) is 7.78. The number of likely N-dealkylation sites (tertiary alicyclic amines) is 1. The quantitative estimate of drug-likeness (QED) is 0.183. The maximum Gasteiger partial charge on any atom is 0.305 e. The third-order valence-corrected chi connectivity index (χ3v) is 9.85. The first-order valence-electron chi connectivity index (χ1n) is 15.0. The van der Waals surface area contributed by atoms with Crippen LogP contribution in [-0.4, -0.2) is 70.0 Å². The molecule has 1 amide bonds. The van der Waals surface area contributed by atoms with Gasteiger partial charge in [0.2, 0.25) is 0 Å². The number of carbonyl (C=O) groups is 2. The Hall–Kier alpha value is -3.43. The summed E-state index contributed by atoms with van der Waals surface area (Å²) < 4.78 is 6.90. The van der Waals surface area contributed by atoms with Crippen LogP contribution in [0.4, 0.5) is 5.69 Å². The van der Waals surface area contributed by atoms with Crippen LogP contribution in [0.5, 0.6) is 0 Å². The summed E-state index contributed by atoms with van der Waals surface area (Å²) in [7, 11) is 1.42. The van der Waals surface area contributed by atoms with E-state index in [2.05, 4.69) is 9.80 Å². The van der Waals surface area contributed by atoms with Crippen LogP contribution in [0.3, 0.4) is 0 Å². The van der Waals surface area contributed by atoms with Crippen molar-refractivity contribution in [2.75, 3.05) is 26.7 Å². The average molecular weight is 593 g/mol. The van der Waals surface area contributed by atoms with Crippen molar-refractivity contribution in [2.24, 2.45) is 11.8 Å². The fourth-order valence-corrected chi connectivity index (χ4v) is 7.95. The van der Waals surface area contributed by atoms with Crippen LogP contribution in [0.25, 0.3) is 10.9 Å². The van der Waals surface area contributed by atoms with Crippen molar-refractivity contribution in [1.29, 1.82) is 0 Å². The van der Waals surface area contributed by atoms with Crippen molar-refractivity contribution in [3.8, 4) is 0 Å². The van der Waals surface area contributed by atoms with E-state index >= 15 is 0 Å². The highest BCUT2D eigenvalue weighted by atomic mass is 35.5. The Bertz CT molecular complexity index is 1490. The summed E-state index contributed by atoms with van der Waals surface area (Å²) in [5.74, 6) is 0.589. The molecule has 3 aliphatic rings. The molecule has 222 valence electrons. The summed E-state index contributed by atoms with van der Waals surface area (Å²) in [5, 5.41) is 12.7. The smallest absolute Gasteiger partial charge is 0.305 e. The monoisotopic (exact) mass is 592 g/mol. The molecule has 4 atom stereocenters. The van der Waals surface area contributed by atoms with E-state index < -0.39 is 4.92 Å². The standard InChI is InChI=1S/C32H37ClN4O5/c1-42-30(38)8-2-7-27-26-6-4-16-34-15-3-5-23(31(26)34)20-36(27)32(39)29-17-22-11-12-24(33)18-28(22)35(29)19-21-9-13-25(14-10-21)37(40)41/h9-14,17-18,23,26-27,31H,2-8,15-16,19-20H2,1H3/t23-,26+,27+,31-/m0/s1. The van der Waals surface area contributed by atoms with E-state index in [9.17, 15) is 19.7 Å². The number of nitrogens with zero attached hydrogens (tertiary/aromatic N) is 4. The van der Waals surface area contributed by atoms with E-state index in [1.807, 2.05) is 28.8 Å². The molecule has 2 aromatic carbocycles. The third kappa shape index (κ3) is 5.52. The van der Waals surface area contributed by atoms with Gasteiger partial charge in [-0.25, -0.2) is 0 Å². The molecule has 3 aliphatic heterocycles. The predicted octanol–water partition coefficient (Wildman–Crippen LogP) is 5.91. The first-order valence-corrected chi connectivity index (χ1v) is 15.4. The molecule has 6 rings (SSSR count). The molecule has 4 heterocycles. The summed E-state index contributed by atoms with van der Waals surface area (Å²) >= 11 is 6.41. The van der Waals surface area contributed by atoms with E-state index in [4.69, 9.17) is 16.3 Å². The summed E-state index contributed by atoms with van der Waals surface area (Å²) in [5.41, 5.74) is 2.33. The zero-order valence-electron chi connectivity index (χ0n) is 23.9. The van der Waals surface area contributed by atoms with Crippen LogP contribution < -0.4 is 0 Å². The second-order valence-corrected chi connectivity index (χ2v) is 12.4. The number of aromatic nitrogens is 1. The van der Waals surface area contributed by atoms with Crippen LogP contribution >= 0.6 is 11.6 Å². The number of fused-ring (bicyclic) bond motifs is 1. The molecule has 0 N–H and O–H groups in total. The van der Waals surface area contributed by atoms with Crippen molar-refractivity contribution in [2.45, 2.75) is 63.6 Å². The number of nitro groups is 1. The van der Waals surface area contributed by atoms with E-state index in [1.165, 1.54) is 19.2 Å². The Morgan fingerprint density at radius 1 is 1.07 bits per heavy atom. The molecule has 0 bridgehead atoms. The predicted molar refractivity (Wildman–Crippen MR) is 161 cm³/mol. The van der Waals surface area contributed by atoms with Crippen LogP contribution in [0.2, 0.25) is 5.02 Å². The van der Waals surface area contributed by atoms with E-state index in [1.54, 1.807) is 12.1 Å². The van der Waals surface area contributed by atoms with Crippen LogP contribution in [0.15, 0.2) is 48.5 Å². The lowest BCUT2D eigenvalue weighted by Gasteiger charge is -2.57. The molecule has 0 aliphatic carbocycles. The van der Waals surface area contributed by atoms with Crippen LogP contribution in [0, 0.1) is 22.0 Å². The van der Waals surface area contributed by atoms with Gasteiger partial charge in [0.05, 0.1) is 17.5 Å². The lowest BCUT2D eigenvalue weighted by molar-refractivity contribution is -0.384. The summed E-state index contributed by atoms with van der Waals surface area (Å²) in [6.07, 6.45) is 6.28. The van der Waals surface area contributed by atoms with Gasteiger partial charge in [0.1, 0.15) is 5.69 Å². The highest BCUT2D eigenvalue weighted by molar-refractivity contribution is 6.31. The number of methoxy groups -OCH3 is 1. The lowest BCUT2D eigenvalue weighted by atomic mass is 9.69. The molecule has 3 saturated heterocycles. The van der Waals surface area contributed by atoms with Crippen molar-refractivity contribution in [3.05, 3.63) is 74.9 Å². The maximum atomic E-state index is 14.7. The molecule has 10 heteroatoms. The topological polar surface area (TPSA) is 97.9 Å². The van der Waals surface area contributed by atoms with Crippen LogP contribution in [-0.2, 0) is 16.1 Å². The van der Waals surface area contributed by atoms with Gasteiger partial charge in [-0.3, -0.25) is 24.6 Å². The second kappa shape index (κ2) is 12.1. The van der Waals surface area contributed by atoms with Gasteiger partial charge in [0.15, 0.2) is 0 Å². The molecular weight excluding hydrogens is 556 g/mol. The van der Waals surface area contributed by atoms with Gasteiger partial charge in [-0.2, -0.15) is 0 Å². The maximum absolute atomic E-state index is 14.7. The first kappa shape index (κ1) is 28.7. The number of hydrogen-bond acceptors (Lipinski definition) is 6. The summed E-state index contributed by atoms with van der Waals surface area (Å²) in [6, 6.07) is 14.6. The molecule has 3 fully saturated rings. The molecule has 0 spiro atoms. The SMILES string of the molecule is COC(=O)CCC[C@@H]1[C@H]2CCCN3CCC[C@@H](CN1C(=O)c1cc4ccc(Cl)cc4n1Cc1ccc([N+](=O)[O-])cc1)[C@@H]23. The number of halogens is 1. The molecule has 42 heavy (non-hydrogen) atoms. The molecule has 0 radical (unpaired) electrons. The molecule has 9 nitrogen and oxygen atoms in total. The van der Waals surface area contributed by atoms with E-state index in [-0.39, 0.29) is 23.6 Å². The van der Waals surface area contributed by atoms with Gasteiger partial charge in [-0.1, -0.05) is 29.8 Å². The summed E-state index contributed by atoms with van der Waals surface area (Å²) in [4.78, 5) is 42.2. The Balaban J connectivity index is 1.37. The van der Waals surface area contributed by atoms with Crippen molar-refractivity contribution >= 4 is 40.1 Å². The van der Waals surface area contributed by atoms with Gasteiger partial charge in [-0.05, 0) is 87.2 Å². The fraction of sp³-hybridized carbons (Fsp3) is 0.500. The highest BCUT2D eigenvalue weighted by Crippen LogP contribution is 2.44. The largest absolute Gasteiger partial charge is 0.469 e. The Morgan fingerprint density at radius 3 is 2.57 bits per heavy atom. The summed E-state index contributed by atoms with van der Waals surface area (Å²) in [6.45, 7) is 3.35. The van der Waals surface area contributed by atoms with Gasteiger partial charge in [-0.15, -0.1) is 0 Å². The lowest BCUT2D eigenvalue weighted by Crippen LogP contribution is -2.65. The number of esters is 1. The van der Waals surface area contributed by atoms with Crippen molar-refractivity contribution in [3.63, 3.8) is 0 Å². The minimum Gasteiger partial charge on any atom is -0.469 e. The normalized spacial score (nSPS) is 23.9. The number of rotatable bonds is 8. The van der Waals surface area contributed by atoms with Gasteiger partial charge in [0.25, 0.3) is 11.6 Å². The van der Waals surface area contributed by atoms with Gasteiger partial charge in [0, 0.05) is 54.1 Å². The third-order valence-electron chi connectivity index (χ3n) is 9.61. The molecule has 0 unspecified atom stereocenters. The number of benzene rings is 2. The Labute approximate surface area is 250 Å². The van der Waals surface area contributed by atoms with Gasteiger partial charge < -0.3 is 14.2 Å². The highest BCUT2D eigenvalue weighted by Gasteiger charge is 2.49. The van der Waals surface area contributed by atoms with Gasteiger partial charge >= 0.3 is 5.97 Å². The number of hydrogen-bond donors (Lipinski definition) is 0. The number of nitro benzene ring substituents is 1. The van der Waals surface area contributed by atoms with E-state index in [0.717, 1.165) is 61.7 Å². The van der Waals surface area contributed by atoms with Crippen molar-refractivity contribution in [1.82, 2.24) is 14.4 Å². The zero-order chi connectivity index (χ0) is 29.4. The van der Waals surface area contributed by atoms with E-state index in [0.29, 0.717) is 54.5 Å². The number of non-ortho nitro benzene ring substituents is 1. The van der Waals surface area contributed by atoms with Crippen molar-refractivity contribution < 1.29 is 19.2 Å². The molecular formula is C32H37ClN4O5. The number of carbonyl (C=O) groups excluding carboxylic acids is 2.